The Morgan fingerprint density at radius 2 is 1.14 bits per heavy atom. The van der Waals surface area contributed by atoms with E-state index in [1.165, 1.54) is 16.7 Å². The largest absolute Gasteiger partial charge is 0.159 e. The topological polar surface area (TPSA) is 25.8 Å². The van der Waals surface area contributed by atoms with E-state index in [1.807, 2.05) is 12.3 Å². The second-order valence-corrected chi connectivity index (χ2v) is 5.53. The van der Waals surface area contributed by atoms with Crippen LogP contribution in [-0.2, 0) is 25.7 Å². The third-order valence-corrected chi connectivity index (χ3v) is 3.82. The molecule has 2 aromatic carbocycles. The highest BCUT2D eigenvalue weighted by molar-refractivity contribution is 5.20. The van der Waals surface area contributed by atoms with E-state index >= 15 is 0 Å². The summed E-state index contributed by atoms with van der Waals surface area (Å²) in [5.74, 6) is 0. The zero-order chi connectivity index (χ0) is 15.0. The van der Waals surface area contributed by atoms with Gasteiger partial charge in [0.15, 0.2) is 0 Å². The van der Waals surface area contributed by atoms with Crippen molar-refractivity contribution in [2.75, 3.05) is 0 Å². The molecule has 0 bridgehead atoms. The van der Waals surface area contributed by atoms with Gasteiger partial charge in [-0.3, -0.25) is 0 Å². The molecule has 0 spiro atoms. The summed E-state index contributed by atoms with van der Waals surface area (Å²) in [5, 5.41) is 8.42. The van der Waals surface area contributed by atoms with Crippen LogP contribution in [0.4, 0.5) is 0 Å². The molecule has 0 fully saturated rings. The van der Waals surface area contributed by atoms with Gasteiger partial charge in [0.2, 0.25) is 0 Å². The summed E-state index contributed by atoms with van der Waals surface area (Å²) in [4.78, 5) is 0. The molecule has 0 aliphatic heterocycles. The molecule has 3 aromatic rings. The fourth-order valence-electron chi connectivity index (χ4n) is 2.57. The first kappa shape index (κ1) is 14.5. The predicted octanol–water partition coefficient (Wildman–Crippen LogP) is 4.05. The van der Waals surface area contributed by atoms with Crippen molar-refractivity contribution in [1.82, 2.24) is 10.2 Å². The van der Waals surface area contributed by atoms with E-state index in [2.05, 4.69) is 70.9 Å². The third-order valence-electron chi connectivity index (χ3n) is 3.82. The molecule has 0 amide bonds. The SMILES string of the molecule is c1ccc(CCc2cnnc(CCc3ccccc3)c2)cc1. The summed E-state index contributed by atoms with van der Waals surface area (Å²) in [6.07, 6.45) is 5.89. The second-order valence-electron chi connectivity index (χ2n) is 5.53. The molecule has 0 saturated carbocycles. The molecule has 2 nitrogen and oxygen atoms in total. The van der Waals surface area contributed by atoms with Gasteiger partial charge in [-0.2, -0.15) is 10.2 Å². The Balaban J connectivity index is 1.58. The Hall–Kier alpha value is -2.48. The van der Waals surface area contributed by atoms with Crippen LogP contribution in [0, 0.1) is 0 Å². The minimum Gasteiger partial charge on any atom is -0.159 e. The molecule has 0 atom stereocenters. The third kappa shape index (κ3) is 4.26. The second kappa shape index (κ2) is 7.51. The van der Waals surface area contributed by atoms with Crippen LogP contribution >= 0.6 is 0 Å². The number of hydrogen-bond acceptors (Lipinski definition) is 2. The lowest BCUT2D eigenvalue weighted by atomic mass is 10.0. The zero-order valence-corrected chi connectivity index (χ0v) is 12.7. The van der Waals surface area contributed by atoms with Gasteiger partial charge in [0, 0.05) is 0 Å². The molecular formula is C20H20N2. The first-order valence-corrected chi connectivity index (χ1v) is 7.78. The molecule has 0 radical (unpaired) electrons. The minimum atomic E-state index is 0.941. The molecular weight excluding hydrogens is 268 g/mol. The highest BCUT2D eigenvalue weighted by Gasteiger charge is 2.01. The van der Waals surface area contributed by atoms with Crippen LogP contribution in [0.2, 0.25) is 0 Å². The van der Waals surface area contributed by atoms with E-state index in [-0.39, 0.29) is 0 Å². The molecule has 2 heteroatoms. The van der Waals surface area contributed by atoms with Crippen molar-refractivity contribution in [1.29, 1.82) is 0 Å². The minimum absolute atomic E-state index is 0.941. The Labute approximate surface area is 131 Å². The van der Waals surface area contributed by atoms with Crippen LogP contribution < -0.4 is 0 Å². The maximum atomic E-state index is 4.26. The van der Waals surface area contributed by atoms with Crippen molar-refractivity contribution >= 4 is 0 Å². The van der Waals surface area contributed by atoms with E-state index in [9.17, 15) is 0 Å². The molecule has 0 unspecified atom stereocenters. The van der Waals surface area contributed by atoms with Gasteiger partial charge in [-0.05, 0) is 48.4 Å². The van der Waals surface area contributed by atoms with Crippen molar-refractivity contribution in [2.24, 2.45) is 0 Å². The lowest BCUT2D eigenvalue weighted by Gasteiger charge is -2.04. The molecule has 0 aliphatic carbocycles. The quantitative estimate of drug-likeness (QED) is 0.684. The van der Waals surface area contributed by atoms with Crippen LogP contribution in [0.3, 0.4) is 0 Å². The summed E-state index contributed by atoms with van der Waals surface area (Å²) >= 11 is 0. The van der Waals surface area contributed by atoms with Gasteiger partial charge in [-0.1, -0.05) is 60.7 Å². The number of aromatic nitrogens is 2. The van der Waals surface area contributed by atoms with Crippen LogP contribution in [-0.4, -0.2) is 10.2 Å². The van der Waals surface area contributed by atoms with Crippen molar-refractivity contribution in [3.63, 3.8) is 0 Å². The first-order chi connectivity index (χ1) is 10.9. The van der Waals surface area contributed by atoms with Crippen LogP contribution in [0.25, 0.3) is 0 Å². The standard InChI is InChI=1S/C20H20N2/c1-3-7-17(8-4-1)11-12-19-15-20(22-21-16-19)14-13-18-9-5-2-6-10-18/h1-10,15-16H,11-14H2. The first-order valence-electron chi connectivity index (χ1n) is 7.78. The van der Waals surface area contributed by atoms with Gasteiger partial charge in [0.05, 0.1) is 11.9 Å². The predicted molar refractivity (Wildman–Crippen MR) is 89.7 cm³/mol. The van der Waals surface area contributed by atoms with Gasteiger partial charge in [0.1, 0.15) is 0 Å². The summed E-state index contributed by atoms with van der Waals surface area (Å²) in [7, 11) is 0. The molecule has 0 aliphatic rings. The number of benzene rings is 2. The smallest absolute Gasteiger partial charge is 0.0637 e. The maximum absolute atomic E-state index is 4.26. The number of rotatable bonds is 6. The Morgan fingerprint density at radius 3 is 1.77 bits per heavy atom. The number of nitrogens with zero attached hydrogens (tertiary/aromatic N) is 2. The van der Waals surface area contributed by atoms with E-state index in [0.717, 1.165) is 31.4 Å². The van der Waals surface area contributed by atoms with Gasteiger partial charge >= 0.3 is 0 Å². The number of aryl methyl sites for hydroxylation is 4. The van der Waals surface area contributed by atoms with E-state index in [0.29, 0.717) is 0 Å². The van der Waals surface area contributed by atoms with Crippen LogP contribution in [0.1, 0.15) is 22.4 Å². The van der Waals surface area contributed by atoms with Crippen molar-refractivity contribution in [2.45, 2.75) is 25.7 Å². The maximum Gasteiger partial charge on any atom is 0.0637 e. The summed E-state index contributed by atoms with van der Waals surface area (Å²) in [5.41, 5.74) is 5.06. The molecule has 0 saturated heterocycles. The van der Waals surface area contributed by atoms with E-state index < -0.39 is 0 Å². The fourth-order valence-corrected chi connectivity index (χ4v) is 2.57. The van der Waals surface area contributed by atoms with Crippen molar-refractivity contribution in [3.8, 4) is 0 Å². The van der Waals surface area contributed by atoms with E-state index in [1.54, 1.807) is 0 Å². The average Bonchev–Trinajstić information content (AvgIpc) is 2.60. The van der Waals surface area contributed by atoms with Crippen LogP contribution in [0.15, 0.2) is 72.9 Å². The molecule has 0 N–H and O–H groups in total. The molecule has 110 valence electrons. The average molecular weight is 288 g/mol. The fraction of sp³-hybridized carbons (Fsp3) is 0.200. The van der Waals surface area contributed by atoms with Crippen LogP contribution in [0.5, 0.6) is 0 Å². The van der Waals surface area contributed by atoms with Crippen molar-refractivity contribution in [3.05, 3.63) is 95.3 Å². The normalized spacial score (nSPS) is 10.5. The summed E-state index contributed by atoms with van der Waals surface area (Å²) in [6.45, 7) is 0. The number of hydrogen-bond donors (Lipinski definition) is 0. The summed E-state index contributed by atoms with van der Waals surface area (Å²) < 4.78 is 0. The molecule has 3 rings (SSSR count). The Bertz CT molecular complexity index is 634. The van der Waals surface area contributed by atoms with Crippen molar-refractivity contribution < 1.29 is 0 Å². The zero-order valence-electron chi connectivity index (χ0n) is 12.7. The highest BCUT2D eigenvalue weighted by atomic mass is 15.1. The monoisotopic (exact) mass is 288 g/mol. The van der Waals surface area contributed by atoms with Gasteiger partial charge < -0.3 is 0 Å². The lowest BCUT2D eigenvalue weighted by molar-refractivity contribution is 0.835. The highest BCUT2D eigenvalue weighted by Crippen LogP contribution is 2.09. The van der Waals surface area contributed by atoms with Gasteiger partial charge in [-0.25, -0.2) is 0 Å². The molecule has 1 aromatic heterocycles. The molecule has 22 heavy (non-hydrogen) atoms. The van der Waals surface area contributed by atoms with Gasteiger partial charge in [0.25, 0.3) is 0 Å². The Kier molecular flexibility index (Phi) is 4.93. The van der Waals surface area contributed by atoms with E-state index in [4.69, 9.17) is 0 Å². The lowest BCUT2D eigenvalue weighted by Crippen LogP contribution is -2.00. The van der Waals surface area contributed by atoms with Gasteiger partial charge in [-0.15, -0.1) is 0 Å². The summed E-state index contributed by atoms with van der Waals surface area (Å²) in [6, 6.07) is 23.3. The Morgan fingerprint density at radius 1 is 0.591 bits per heavy atom. The molecule has 1 heterocycles.